The van der Waals surface area contributed by atoms with Crippen LogP contribution in [0.5, 0.6) is 5.75 Å². The molecule has 13 nitrogen and oxygen atoms in total. The molecule has 3 heterocycles. The smallest absolute Gasteiger partial charge is 0.289 e. The largest absolute Gasteiger partial charge is 0.466 e. The van der Waals surface area contributed by atoms with E-state index in [1.807, 2.05) is 27.7 Å². The summed E-state index contributed by atoms with van der Waals surface area (Å²) in [6.45, 7) is 7.49. The van der Waals surface area contributed by atoms with Crippen LogP contribution in [0.1, 0.15) is 109 Å². The van der Waals surface area contributed by atoms with Crippen LogP contribution < -0.4 is 26.2 Å². The standard InChI is InChI=1S/C38H52FN5O8/c1-5-9-27(31(46)35(48)40-25-12-13-25)41-34(47)29-18-38(17-28(43-52-38)26-16-24(39)15-23-19-50-21-51-32(23)26)20-44(29)36(49)33(37(2,3)4)42-30(45)14-22-10-7-6-8-11-22/h15-17,22,25,27,29,33,43H,5-14,18-21H2,1-4H3,(H,40,48)(H,41,47)(H,42,45)/t27-,29-,33+,38+/m0/s1. The van der Waals surface area contributed by atoms with Crippen LogP contribution in [0.3, 0.4) is 0 Å². The number of nitrogens with zero attached hydrogens (tertiary/aromatic N) is 1. The first-order valence-corrected chi connectivity index (χ1v) is 18.7. The van der Waals surface area contributed by atoms with E-state index in [9.17, 15) is 28.4 Å². The maximum atomic E-state index is 14.7. The summed E-state index contributed by atoms with van der Waals surface area (Å²) in [7, 11) is 0. The van der Waals surface area contributed by atoms with Crippen molar-refractivity contribution < 1.29 is 42.7 Å². The van der Waals surface area contributed by atoms with Crippen LogP contribution in [0.2, 0.25) is 0 Å². The fraction of sp³-hybridized carbons (Fsp3) is 0.658. The number of rotatable bonds is 12. The Morgan fingerprint density at radius 2 is 1.81 bits per heavy atom. The minimum absolute atomic E-state index is 0.00752. The van der Waals surface area contributed by atoms with Gasteiger partial charge >= 0.3 is 0 Å². The number of Topliss-reactive ketones (excluding diaryl/α,β-unsaturated/α-hetero) is 1. The first-order chi connectivity index (χ1) is 24.8. The van der Waals surface area contributed by atoms with Crippen molar-refractivity contribution >= 4 is 35.1 Å². The number of amides is 4. The predicted molar refractivity (Wildman–Crippen MR) is 187 cm³/mol. The monoisotopic (exact) mass is 725 g/mol. The van der Waals surface area contributed by atoms with Gasteiger partial charge < -0.3 is 30.3 Å². The van der Waals surface area contributed by atoms with Crippen LogP contribution in [-0.4, -0.2) is 77.4 Å². The van der Waals surface area contributed by atoms with Crippen LogP contribution in [-0.2, 0) is 40.2 Å². The number of hydrogen-bond donors (Lipinski definition) is 4. The third kappa shape index (κ3) is 8.60. The molecule has 0 aromatic heterocycles. The molecular formula is C38H52FN5O8. The molecule has 1 saturated heterocycles. The SMILES string of the molecule is CCC[C@H](NC(=O)[C@@H]1C[C@]2(C=C(c3cc(F)cc4c3OCOC4)NO2)CN1C(=O)[C@@H](NC(=O)CC1CCCCC1)C(C)(C)C)C(=O)C(=O)NC1CC1. The van der Waals surface area contributed by atoms with Gasteiger partial charge in [0.05, 0.1) is 24.9 Å². The number of likely N-dealkylation sites (tertiary alicyclic amines) is 1. The lowest BCUT2D eigenvalue weighted by atomic mass is 9.84. The molecule has 3 fully saturated rings. The Bertz CT molecular complexity index is 1600. The third-order valence-electron chi connectivity index (χ3n) is 10.6. The molecule has 4 amide bonds. The number of ether oxygens (including phenoxy) is 2. The van der Waals surface area contributed by atoms with Gasteiger partial charge in [-0.25, -0.2) is 4.39 Å². The van der Waals surface area contributed by atoms with Gasteiger partial charge in [-0.3, -0.25) is 34.3 Å². The van der Waals surface area contributed by atoms with Crippen LogP contribution >= 0.6 is 0 Å². The average Bonchev–Trinajstić information content (AvgIpc) is 3.70. The van der Waals surface area contributed by atoms with Crippen LogP contribution in [0.15, 0.2) is 18.2 Å². The molecule has 4 N–H and O–H groups in total. The van der Waals surface area contributed by atoms with E-state index in [1.54, 1.807) is 6.08 Å². The zero-order valence-electron chi connectivity index (χ0n) is 30.6. The lowest BCUT2D eigenvalue weighted by Crippen LogP contribution is -2.59. The van der Waals surface area contributed by atoms with E-state index >= 15 is 0 Å². The van der Waals surface area contributed by atoms with E-state index in [4.69, 9.17) is 14.3 Å². The Labute approximate surface area is 304 Å². The number of hydroxylamine groups is 1. The van der Waals surface area contributed by atoms with E-state index < -0.39 is 58.5 Å². The molecule has 1 aromatic rings. The van der Waals surface area contributed by atoms with E-state index in [-0.39, 0.29) is 50.7 Å². The van der Waals surface area contributed by atoms with Crippen molar-refractivity contribution in [2.75, 3.05) is 13.3 Å². The third-order valence-corrected chi connectivity index (χ3v) is 10.6. The second-order valence-corrected chi connectivity index (χ2v) is 16.1. The number of carbonyl (C=O) groups is 5. The molecule has 2 saturated carbocycles. The maximum Gasteiger partial charge on any atom is 0.289 e. The normalized spacial score (nSPS) is 24.2. The van der Waals surface area contributed by atoms with Crippen molar-refractivity contribution in [2.45, 2.75) is 135 Å². The molecule has 1 spiro atoms. The molecule has 5 aliphatic rings. The van der Waals surface area contributed by atoms with Gasteiger partial charge in [-0.05, 0) is 61.6 Å². The number of fused-ring (bicyclic) bond motifs is 1. The lowest BCUT2D eigenvalue weighted by Gasteiger charge is -2.36. The van der Waals surface area contributed by atoms with Gasteiger partial charge in [-0.2, -0.15) is 0 Å². The van der Waals surface area contributed by atoms with Crippen molar-refractivity contribution in [2.24, 2.45) is 11.3 Å². The number of carbonyl (C=O) groups excluding carboxylic acids is 5. The molecule has 3 aliphatic heterocycles. The summed E-state index contributed by atoms with van der Waals surface area (Å²) in [4.78, 5) is 75.8. The molecule has 284 valence electrons. The van der Waals surface area contributed by atoms with E-state index in [0.717, 1.165) is 44.9 Å². The molecule has 4 atom stereocenters. The van der Waals surface area contributed by atoms with Crippen molar-refractivity contribution in [1.29, 1.82) is 0 Å². The quantitative estimate of drug-likeness (QED) is 0.236. The van der Waals surface area contributed by atoms with E-state index in [0.29, 0.717) is 35.4 Å². The topological polar surface area (TPSA) is 164 Å². The number of ketones is 1. The Balaban J connectivity index is 1.29. The van der Waals surface area contributed by atoms with E-state index in [1.165, 1.54) is 17.0 Å². The summed E-state index contributed by atoms with van der Waals surface area (Å²) < 4.78 is 25.8. The number of nitrogens with one attached hydrogen (secondary N) is 4. The average molecular weight is 726 g/mol. The van der Waals surface area contributed by atoms with Gasteiger partial charge in [0.2, 0.25) is 23.5 Å². The summed E-state index contributed by atoms with van der Waals surface area (Å²) in [6, 6.07) is -0.574. The Morgan fingerprint density at radius 1 is 1.06 bits per heavy atom. The molecule has 1 aromatic carbocycles. The van der Waals surface area contributed by atoms with Gasteiger partial charge in [0.1, 0.15) is 29.3 Å². The molecule has 14 heteroatoms. The number of halogens is 1. The zero-order chi connectivity index (χ0) is 37.2. The van der Waals surface area contributed by atoms with Crippen molar-refractivity contribution in [3.8, 4) is 5.75 Å². The minimum Gasteiger partial charge on any atom is -0.466 e. The number of hydrogen-bond acceptors (Lipinski definition) is 9. The van der Waals surface area contributed by atoms with Gasteiger partial charge in [0.15, 0.2) is 6.79 Å². The summed E-state index contributed by atoms with van der Waals surface area (Å²) in [5.74, 6) is -2.59. The summed E-state index contributed by atoms with van der Waals surface area (Å²) in [5.41, 5.74) is 2.25. The molecule has 52 heavy (non-hydrogen) atoms. The zero-order valence-corrected chi connectivity index (χ0v) is 30.6. The highest BCUT2D eigenvalue weighted by Gasteiger charge is 2.54. The van der Waals surface area contributed by atoms with Crippen LogP contribution in [0.25, 0.3) is 5.70 Å². The molecule has 0 radical (unpaired) electrons. The van der Waals surface area contributed by atoms with Gasteiger partial charge in [0, 0.05) is 30.0 Å². The van der Waals surface area contributed by atoms with Crippen LogP contribution in [0.4, 0.5) is 4.39 Å². The van der Waals surface area contributed by atoms with Gasteiger partial charge in [-0.1, -0.05) is 53.4 Å². The van der Waals surface area contributed by atoms with Crippen molar-refractivity contribution in [3.63, 3.8) is 0 Å². The fourth-order valence-corrected chi connectivity index (χ4v) is 7.69. The fourth-order valence-electron chi connectivity index (χ4n) is 7.69. The first kappa shape index (κ1) is 37.7. The Hall–Kier alpha value is -4.04. The first-order valence-electron chi connectivity index (χ1n) is 18.7. The maximum absolute atomic E-state index is 14.7. The molecule has 2 aliphatic carbocycles. The van der Waals surface area contributed by atoms with Crippen LogP contribution in [0, 0.1) is 17.2 Å². The molecule has 6 rings (SSSR count). The molecule has 0 unspecified atom stereocenters. The Kier molecular flexibility index (Phi) is 11.3. The summed E-state index contributed by atoms with van der Waals surface area (Å²) in [6.07, 6.45) is 9.65. The number of benzene rings is 1. The lowest BCUT2D eigenvalue weighted by molar-refractivity contribution is -0.145. The highest BCUT2D eigenvalue weighted by atomic mass is 19.1. The predicted octanol–water partition coefficient (Wildman–Crippen LogP) is 3.54. The molecule has 0 bridgehead atoms. The van der Waals surface area contributed by atoms with E-state index in [2.05, 4.69) is 21.4 Å². The van der Waals surface area contributed by atoms with Gasteiger partial charge in [0.25, 0.3) is 5.91 Å². The second kappa shape index (κ2) is 15.5. The highest BCUT2D eigenvalue weighted by molar-refractivity contribution is 6.38. The summed E-state index contributed by atoms with van der Waals surface area (Å²) in [5, 5.41) is 8.48. The Morgan fingerprint density at radius 3 is 2.50 bits per heavy atom. The highest BCUT2D eigenvalue weighted by Crippen LogP contribution is 2.42. The minimum atomic E-state index is -1.24. The van der Waals surface area contributed by atoms with Gasteiger partial charge in [-0.15, -0.1) is 0 Å². The summed E-state index contributed by atoms with van der Waals surface area (Å²) >= 11 is 0. The second-order valence-electron chi connectivity index (χ2n) is 16.1. The van der Waals surface area contributed by atoms with Crippen molar-refractivity contribution in [3.05, 3.63) is 35.2 Å². The van der Waals surface area contributed by atoms with Crippen molar-refractivity contribution in [1.82, 2.24) is 26.3 Å². The molecular weight excluding hydrogens is 673 g/mol.